The largest absolute Gasteiger partial charge is 0.352 e. The molecule has 0 unspecified atom stereocenters. The van der Waals surface area contributed by atoms with Crippen molar-refractivity contribution in [2.75, 3.05) is 13.1 Å². The van der Waals surface area contributed by atoms with E-state index in [1.54, 1.807) is 6.20 Å². The number of amides is 1. The Morgan fingerprint density at radius 3 is 2.35 bits per heavy atom. The van der Waals surface area contributed by atoms with Crippen molar-refractivity contribution in [1.29, 1.82) is 0 Å². The van der Waals surface area contributed by atoms with E-state index in [0.717, 1.165) is 27.8 Å². The Morgan fingerprint density at radius 2 is 1.71 bits per heavy atom. The predicted octanol–water partition coefficient (Wildman–Crippen LogP) is 3.57. The fourth-order valence-corrected chi connectivity index (χ4v) is 6.69. The first-order valence-corrected chi connectivity index (χ1v) is 13.1. The average Bonchev–Trinajstić information content (AvgIpc) is 3.30. The number of nitrogens with zero attached hydrogens (tertiary/aromatic N) is 3. The number of aryl methyl sites for hydroxylation is 3. The molecule has 0 saturated carbocycles. The maximum Gasteiger partial charge on any atom is 0.243 e. The molecule has 8 heteroatoms. The van der Waals surface area contributed by atoms with Gasteiger partial charge in [0, 0.05) is 37.9 Å². The van der Waals surface area contributed by atoms with Crippen LogP contribution in [0.1, 0.15) is 40.7 Å². The Morgan fingerprint density at radius 1 is 1.03 bits per heavy atom. The Hall–Kier alpha value is -2.97. The molecule has 0 spiro atoms. The van der Waals surface area contributed by atoms with Crippen LogP contribution in [0.25, 0.3) is 0 Å². The van der Waals surface area contributed by atoms with Gasteiger partial charge in [0.15, 0.2) is 0 Å². The van der Waals surface area contributed by atoms with Crippen molar-refractivity contribution in [2.45, 2.75) is 51.6 Å². The fourth-order valence-electron chi connectivity index (χ4n) is 4.81. The van der Waals surface area contributed by atoms with Crippen LogP contribution in [-0.2, 0) is 27.9 Å². The minimum Gasteiger partial charge on any atom is -0.352 e. The molecule has 180 valence electrons. The number of sulfonamides is 1. The molecule has 1 aliphatic heterocycles. The number of piperidine rings is 1. The summed E-state index contributed by atoms with van der Waals surface area (Å²) in [6.07, 6.45) is 4.72. The summed E-state index contributed by atoms with van der Waals surface area (Å²) < 4.78 is 30.0. The number of carbonyl (C=O) groups is 1. The van der Waals surface area contributed by atoms with Crippen LogP contribution in [0.4, 0.5) is 0 Å². The third-order valence-corrected chi connectivity index (χ3v) is 8.59. The van der Waals surface area contributed by atoms with Gasteiger partial charge in [-0.25, -0.2) is 8.42 Å². The maximum atomic E-state index is 13.3. The monoisotopic (exact) mass is 480 g/mol. The van der Waals surface area contributed by atoms with Crippen molar-refractivity contribution in [3.8, 4) is 0 Å². The van der Waals surface area contributed by atoms with Gasteiger partial charge in [-0.2, -0.15) is 9.40 Å². The quantitative estimate of drug-likeness (QED) is 0.560. The molecule has 1 fully saturated rings. The van der Waals surface area contributed by atoms with E-state index in [9.17, 15) is 13.2 Å². The van der Waals surface area contributed by atoms with Crippen LogP contribution >= 0.6 is 0 Å². The minimum absolute atomic E-state index is 0.0165. The lowest BCUT2D eigenvalue weighted by Crippen LogP contribution is -2.43. The van der Waals surface area contributed by atoms with Crippen molar-refractivity contribution in [2.24, 2.45) is 5.92 Å². The van der Waals surface area contributed by atoms with Crippen molar-refractivity contribution in [3.05, 3.63) is 82.7 Å². The zero-order valence-electron chi connectivity index (χ0n) is 20.0. The van der Waals surface area contributed by atoms with Gasteiger partial charge in [0.25, 0.3) is 0 Å². The van der Waals surface area contributed by atoms with E-state index in [1.165, 1.54) is 4.31 Å². The van der Waals surface area contributed by atoms with E-state index >= 15 is 0 Å². The first-order valence-electron chi connectivity index (χ1n) is 11.6. The molecule has 0 radical (unpaired) electrons. The van der Waals surface area contributed by atoms with Gasteiger partial charge in [0.2, 0.25) is 15.9 Å². The van der Waals surface area contributed by atoms with Gasteiger partial charge in [-0.1, -0.05) is 42.0 Å². The van der Waals surface area contributed by atoms with Crippen LogP contribution in [0.15, 0.2) is 59.8 Å². The molecule has 2 heterocycles. The molecule has 0 aliphatic carbocycles. The average molecular weight is 481 g/mol. The molecule has 7 nitrogen and oxygen atoms in total. The first-order chi connectivity index (χ1) is 16.2. The van der Waals surface area contributed by atoms with Gasteiger partial charge >= 0.3 is 0 Å². The summed E-state index contributed by atoms with van der Waals surface area (Å²) >= 11 is 0. The topological polar surface area (TPSA) is 84.3 Å². The normalized spacial score (nSPS) is 15.4. The molecule has 1 N–H and O–H groups in total. The second kappa shape index (κ2) is 10.1. The summed E-state index contributed by atoms with van der Waals surface area (Å²) in [4.78, 5) is 13.2. The zero-order valence-corrected chi connectivity index (χ0v) is 20.8. The third kappa shape index (κ3) is 5.39. The van der Waals surface area contributed by atoms with Gasteiger partial charge in [0.05, 0.1) is 11.4 Å². The Labute approximate surface area is 201 Å². The van der Waals surface area contributed by atoms with Crippen molar-refractivity contribution >= 4 is 15.9 Å². The van der Waals surface area contributed by atoms with E-state index in [1.807, 2.05) is 68.0 Å². The van der Waals surface area contributed by atoms with E-state index < -0.39 is 10.0 Å². The van der Waals surface area contributed by atoms with Crippen LogP contribution in [0.2, 0.25) is 0 Å². The number of hydrogen-bond donors (Lipinski definition) is 1. The summed E-state index contributed by atoms with van der Waals surface area (Å²) in [5, 5.41) is 7.27. The molecule has 1 aliphatic rings. The Bertz CT molecular complexity index is 1240. The molecular formula is C26H32N4O3S. The van der Waals surface area contributed by atoms with Crippen LogP contribution in [-0.4, -0.2) is 41.5 Å². The van der Waals surface area contributed by atoms with E-state index in [2.05, 4.69) is 16.5 Å². The molecule has 2 aromatic carbocycles. The molecular weight excluding hydrogens is 448 g/mol. The standard InChI is InChI=1S/C26H32N4O3S/c1-19-14-20(2)25(21(3)15-19)34(32,33)30-12-8-24(9-13-30)26(31)27-17-22-6-4-7-23(16-22)18-29-11-5-10-28-29/h4-7,10-11,14-16,24H,8-9,12-13,17-18H2,1-3H3,(H,27,31). The third-order valence-electron chi connectivity index (χ3n) is 6.39. The van der Waals surface area contributed by atoms with E-state index in [-0.39, 0.29) is 11.8 Å². The second-order valence-corrected chi connectivity index (χ2v) is 11.0. The summed E-state index contributed by atoms with van der Waals surface area (Å²) in [5.41, 5.74) is 4.74. The molecule has 1 amide bonds. The Kier molecular flexibility index (Phi) is 7.19. The van der Waals surface area contributed by atoms with E-state index in [0.29, 0.717) is 43.9 Å². The van der Waals surface area contributed by atoms with Gasteiger partial charge in [-0.05, 0) is 61.9 Å². The molecule has 4 rings (SSSR count). The highest BCUT2D eigenvalue weighted by molar-refractivity contribution is 7.89. The highest BCUT2D eigenvalue weighted by atomic mass is 32.2. The van der Waals surface area contributed by atoms with Gasteiger partial charge in [-0.15, -0.1) is 0 Å². The van der Waals surface area contributed by atoms with Crippen LogP contribution in [0.3, 0.4) is 0 Å². The van der Waals surface area contributed by atoms with Gasteiger partial charge in [0.1, 0.15) is 0 Å². The summed E-state index contributed by atoms with van der Waals surface area (Å²) in [6, 6.07) is 13.8. The number of rotatable bonds is 7. The van der Waals surface area contributed by atoms with Crippen LogP contribution in [0, 0.1) is 26.7 Å². The molecule has 0 bridgehead atoms. The fraction of sp³-hybridized carbons (Fsp3) is 0.385. The first kappa shape index (κ1) is 24.2. The lowest BCUT2D eigenvalue weighted by atomic mass is 9.97. The number of hydrogen-bond acceptors (Lipinski definition) is 4. The number of benzene rings is 2. The summed E-state index contributed by atoms with van der Waals surface area (Å²) in [6.45, 7) is 7.50. The highest BCUT2D eigenvalue weighted by Gasteiger charge is 2.33. The molecule has 0 atom stereocenters. The highest BCUT2D eigenvalue weighted by Crippen LogP contribution is 2.29. The second-order valence-electron chi connectivity index (χ2n) is 9.15. The smallest absolute Gasteiger partial charge is 0.243 e. The molecule has 3 aromatic rings. The number of nitrogens with one attached hydrogen (secondary N) is 1. The number of carbonyl (C=O) groups excluding carboxylic acids is 1. The van der Waals surface area contributed by atoms with Crippen LogP contribution < -0.4 is 5.32 Å². The zero-order chi connectivity index (χ0) is 24.3. The minimum atomic E-state index is -3.58. The summed E-state index contributed by atoms with van der Waals surface area (Å²) in [5.74, 6) is -0.198. The lowest BCUT2D eigenvalue weighted by molar-refractivity contribution is -0.126. The molecule has 1 saturated heterocycles. The SMILES string of the molecule is Cc1cc(C)c(S(=O)(=O)N2CCC(C(=O)NCc3cccc(Cn4cccn4)c3)CC2)c(C)c1. The van der Waals surface area contributed by atoms with Gasteiger partial charge < -0.3 is 5.32 Å². The van der Waals surface area contributed by atoms with Crippen molar-refractivity contribution in [1.82, 2.24) is 19.4 Å². The Balaban J connectivity index is 1.33. The van der Waals surface area contributed by atoms with Crippen molar-refractivity contribution in [3.63, 3.8) is 0 Å². The predicted molar refractivity (Wildman–Crippen MR) is 132 cm³/mol. The van der Waals surface area contributed by atoms with E-state index in [4.69, 9.17) is 0 Å². The van der Waals surface area contributed by atoms with Crippen molar-refractivity contribution < 1.29 is 13.2 Å². The molecule has 34 heavy (non-hydrogen) atoms. The molecule has 1 aromatic heterocycles. The van der Waals surface area contributed by atoms with Crippen LogP contribution in [0.5, 0.6) is 0 Å². The lowest BCUT2D eigenvalue weighted by Gasteiger charge is -2.31. The summed E-state index contributed by atoms with van der Waals surface area (Å²) in [7, 11) is -3.58. The number of aromatic nitrogens is 2. The van der Waals surface area contributed by atoms with Gasteiger partial charge in [-0.3, -0.25) is 9.48 Å². The maximum absolute atomic E-state index is 13.3.